The van der Waals surface area contributed by atoms with Crippen LogP contribution in [0.4, 0.5) is 26.5 Å². The molecule has 4 saturated heterocycles. The van der Waals surface area contributed by atoms with Gasteiger partial charge in [-0.1, -0.05) is 0 Å². The van der Waals surface area contributed by atoms with Gasteiger partial charge in [-0.3, -0.25) is 0 Å². The molecule has 5 aliphatic rings. The van der Waals surface area contributed by atoms with Crippen LogP contribution in [-0.2, 0) is 4.74 Å². The number of fused-ring (bicyclic) bond motifs is 5. The minimum Gasteiger partial charge on any atom is -0.374 e. The van der Waals surface area contributed by atoms with Gasteiger partial charge < -0.3 is 20.3 Å². The summed E-state index contributed by atoms with van der Waals surface area (Å²) < 4.78 is 34.0. The molecule has 30 heavy (non-hydrogen) atoms. The van der Waals surface area contributed by atoms with Crippen molar-refractivity contribution < 1.29 is 13.5 Å². The van der Waals surface area contributed by atoms with Crippen LogP contribution in [0.3, 0.4) is 0 Å². The summed E-state index contributed by atoms with van der Waals surface area (Å²) in [5.74, 6) is -1.71. The van der Waals surface area contributed by atoms with E-state index < -0.39 is 11.8 Å². The minimum atomic E-state index is -2.59. The molecule has 0 unspecified atom stereocenters. The molecule has 8 nitrogen and oxygen atoms in total. The summed E-state index contributed by atoms with van der Waals surface area (Å²) in [6.45, 7) is 1.75. The molecule has 10 heteroatoms. The highest BCUT2D eigenvalue weighted by atomic mass is 19.3. The Balaban J connectivity index is 1.40. The van der Waals surface area contributed by atoms with Gasteiger partial charge in [0.25, 0.3) is 5.92 Å². The lowest BCUT2D eigenvalue weighted by Crippen LogP contribution is -2.55. The highest BCUT2D eigenvalue weighted by Gasteiger charge is 2.56. The van der Waals surface area contributed by atoms with Crippen LogP contribution in [0.2, 0.25) is 0 Å². The summed E-state index contributed by atoms with van der Waals surface area (Å²) in [7, 11) is 0. The number of rotatable bonds is 3. The average molecular weight is 415 g/mol. The van der Waals surface area contributed by atoms with Crippen LogP contribution in [0.25, 0.3) is 11.3 Å². The molecule has 1 aliphatic carbocycles. The van der Waals surface area contributed by atoms with Crippen molar-refractivity contribution >= 4 is 17.7 Å². The van der Waals surface area contributed by atoms with Gasteiger partial charge in [0.15, 0.2) is 0 Å². The predicted octanol–water partition coefficient (Wildman–Crippen LogP) is 2.12. The van der Waals surface area contributed by atoms with Crippen molar-refractivity contribution in [3.8, 4) is 11.3 Å². The molecule has 4 atom stereocenters. The fraction of sp³-hybridized carbons (Fsp3) is 0.600. The first-order valence-corrected chi connectivity index (χ1v) is 10.5. The maximum absolute atomic E-state index is 14.1. The number of hydrogen-bond acceptors (Lipinski definition) is 8. The second-order valence-corrected chi connectivity index (χ2v) is 8.78. The van der Waals surface area contributed by atoms with Gasteiger partial charge in [0, 0.05) is 55.5 Å². The first-order valence-electron chi connectivity index (χ1n) is 10.5. The molecule has 1 saturated carbocycles. The van der Waals surface area contributed by atoms with Crippen molar-refractivity contribution in [2.45, 2.75) is 49.8 Å². The smallest absolute Gasteiger partial charge is 0.254 e. The van der Waals surface area contributed by atoms with E-state index in [-0.39, 0.29) is 37.1 Å². The standard InChI is InChI=1S/C20H23F2N7O/c21-20(22)5-14-3-12(20)8-29(14)19-26-16(11-6-24-18(23)25-7-11)4-17(27-19)28-9-15-2-1-13(28)10-30-15/h4,6-7,12-15H,1-3,5,8-10H2,(H2,23,24,25)/t12-,13+,14-,15+/m1/s1. The number of nitrogens with two attached hydrogens (primary N) is 1. The van der Waals surface area contributed by atoms with Crippen LogP contribution < -0.4 is 15.5 Å². The third-order valence-electron chi connectivity index (χ3n) is 6.93. The topological polar surface area (TPSA) is 93.3 Å². The van der Waals surface area contributed by atoms with E-state index in [0.717, 1.165) is 30.8 Å². The predicted molar refractivity (Wildman–Crippen MR) is 106 cm³/mol. The summed E-state index contributed by atoms with van der Waals surface area (Å²) >= 11 is 0. The van der Waals surface area contributed by atoms with Crippen molar-refractivity contribution in [1.82, 2.24) is 19.9 Å². The lowest BCUT2D eigenvalue weighted by molar-refractivity contribution is -0.0412. The molecule has 0 spiro atoms. The Bertz CT molecular complexity index is 964. The lowest BCUT2D eigenvalue weighted by atomic mass is 9.97. The Labute approximate surface area is 172 Å². The van der Waals surface area contributed by atoms with E-state index in [4.69, 9.17) is 20.4 Å². The van der Waals surface area contributed by atoms with E-state index in [1.54, 1.807) is 12.4 Å². The molecule has 0 aromatic carbocycles. The maximum Gasteiger partial charge on any atom is 0.254 e. The van der Waals surface area contributed by atoms with Gasteiger partial charge >= 0.3 is 0 Å². The van der Waals surface area contributed by atoms with E-state index in [0.29, 0.717) is 24.7 Å². The Hall–Kier alpha value is -2.62. The molecule has 4 aliphatic heterocycles. The molecule has 4 bridgehead atoms. The lowest BCUT2D eigenvalue weighted by Gasteiger charge is -2.46. The van der Waals surface area contributed by atoms with Crippen LogP contribution in [0.5, 0.6) is 0 Å². The van der Waals surface area contributed by atoms with E-state index in [9.17, 15) is 8.78 Å². The molecule has 7 rings (SSSR count). The van der Waals surface area contributed by atoms with Crippen LogP contribution in [-0.4, -0.2) is 63.7 Å². The Morgan fingerprint density at radius 3 is 2.50 bits per heavy atom. The number of halogens is 2. The average Bonchev–Trinajstić information content (AvgIpc) is 3.31. The summed E-state index contributed by atoms with van der Waals surface area (Å²) in [6, 6.07) is 1.98. The van der Waals surface area contributed by atoms with Crippen molar-refractivity contribution in [2.75, 3.05) is 35.2 Å². The quantitative estimate of drug-likeness (QED) is 0.815. The summed E-state index contributed by atoms with van der Waals surface area (Å²) in [6.07, 6.45) is 5.95. The molecule has 6 heterocycles. The van der Waals surface area contributed by atoms with E-state index in [1.807, 2.05) is 11.0 Å². The second-order valence-electron chi connectivity index (χ2n) is 8.78. The zero-order valence-electron chi connectivity index (χ0n) is 16.4. The van der Waals surface area contributed by atoms with Gasteiger partial charge in [0.05, 0.1) is 24.4 Å². The highest BCUT2D eigenvalue weighted by Crippen LogP contribution is 2.49. The first-order chi connectivity index (χ1) is 14.5. The fourth-order valence-electron chi connectivity index (χ4n) is 5.29. The van der Waals surface area contributed by atoms with Crippen LogP contribution in [0.1, 0.15) is 25.7 Å². The number of nitrogen functional groups attached to an aromatic ring is 1. The number of hydrogen-bond donors (Lipinski definition) is 1. The molecule has 2 aromatic rings. The Morgan fingerprint density at radius 2 is 1.90 bits per heavy atom. The number of piperidine rings is 2. The number of morpholine rings is 1. The highest BCUT2D eigenvalue weighted by molar-refractivity contribution is 5.65. The van der Waals surface area contributed by atoms with Crippen LogP contribution >= 0.6 is 0 Å². The molecule has 2 aromatic heterocycles. The number of alkyl halides is 2. The third kappa shape index (κ3) is 2.88. The zero-order chi connectivity index (χ0) is 20.5. The second kappa shape index (κ2) is 6.44. The summed E-state index contributed by atoms with van der Waals surface area (Å²) in [4.78, 5) is 22.0. The molecule has 0 radical (unpaired) electrons. The van der Waals surface area contributed by atoms with Gasteiger partial charge in [-0.2, -0.15) is 4.98 Å². The van der Waals surface area contributed by atoms with Crippen molar-refractivity contribution in [3.05, 3.63) is 18.5 Å². The maximum atomic E-state index is 14.1. The molecule has 5 fully saturated rings. The van der Waals surface area contributed by atoms with Gasteiger partial charge in [0.1, 0.15) is 5.82 Å². The SMILES string of the molecule is Nc1ncc(-c2cc(N3C[C@@H]4CC[C@H]3CO4)nc(N3C[C@H]4C[C@@H]3CC4(F)F)n2)cn1. The van der Waals surface area contributed by atoms with Gasteiger partial charge in [-0.25, -0.2) is 23.7 Å². The van der Waals surface area contributed by atoms with E-state index in [2.05, 4.69) is 14.9 Å². The van der Waals surface area contributed by atoms with Crippen molar-refractivity contribution in [3.63, 3.8) is 0 Å². The minimum absolute atomic E-state index is 0.131. The molecule has 2 N–H and O–H groups in total. The molecule has 0 amide bonds. The van der Waals surface area contributed by atoms with Crippen LogP contribution in [0.15, 0.2) is 18.5 Å². The van der Waals surface area contributed by atoms with Crippen LogP contribution in [0, 0.1) is 5.92 Å². The Morgan fingerprint density at radius 1 is 1.07 bits per heavy atom. The monoisotopic (exact) mass is 415 g/mol. The molecular weight excluding hydrogens is 392 g/mol. The normalized spacial score (nSPS) is 31.5. The van der Waals surface area contributed by atoms with Gasteiger partial charge in [-0.15, -0.1) is 0 Å². The molecular formula is C20H23F2N7O. The first kappa shape index (κ1) is 18.2. The largest absolute Gasteiger partial charge is 0.374 e. The number of ether oxygens (including phenoxy) is 1. The van der Waals surface area contributed by atoms with E-state index in [1.165, 1.54) is 0 Å². The number of aromatic nitrogens is 4. The third-order valence-corrected chi connectivity index (χ3v) is 6.93. The van der Waals surface area contributed by atoms with E-state index >= 15 is 0 Å². The summed E-state index contributed by atoms with van der Waals surface area (Å²) in [5, 5.41) is 0. The van der Waals surface area contributed by atoms with Crippen molar-refractivity contribution in [1.29, 1.82) is 0 Å². The number of anilines is 3. The number of nitrogens with zero attached hydrogens (tertiary/aromatic N) is 6. The van der Waals surface area contributed by atoms with Gasteiger partial charge in [0.2, 0.25) is 11.9 Å². The summed E-state index contributed by atoms with van der Waals surface area (Å²) in [5.41, 5.74) is 7.03. The fourth-order valence-corrected chi connectivity index (χ4v) is 5.29. The van der Waals surface area contributed by atoms with Gasteiger partial charge in [-0.05, 0) is 19.3 Å². The molecule has 158 valence electrons. The van der Waals surface area contributed by atoms with Crippen molar-refractivity contribution in [2.24, 2.45) is 5.92 Å². The zero-order valence-corrected chi connectivity index (χ0v) is 16.4. The Kier molecular flexibility index (Phi) is 3.90.